The third-order valence-electron chi connectivity index (χ3n) is 5.20. The molecule has 2 heterocycles. The summed E-state index contributed by atoms with van der Waals surface area (Å²) in [6.45, 7) is 4.51. The molecule has 2 aromatic heterocycles. The van der Waals surface area contributed by atoms with E-state index in [9.17, 15) is 0 Å². The van der Waals surface area contributed by atoms with Gasteiger partial charge in [0.1, 0.15) is 0 Å². The van der Waals surface area contributed by atoms with Crippen LogP contribution in [0.25, 0.3) is 42.0 Å². The fourth-order valence-electron chi connectivity index (χ4n) is 3.80. The Balaban J connectivity index is 1.94. The molecule has 0 amide bonds. The smallest absolute Gasteiger partial charge is 0.0495 e. The number of hydrogen-bond acceptors (Lipinski definition) is 1. The zero-order valence-electron chi connectivity index (χ0n) is 14.1. The monoisotopic (exact) mass is 329 g/mol. The molecule has 0 saturated carbocycles. The summed E-state index contributed by atoms with van der Waals surface area (Å²) in [5.74, 6) is 0.555. The lowest BCUT2D eigenvalue weighted by Gasteiger charge is -2.06. The predicted octanol–water partition coefficient (Wildman–Crippen LogP) is 6.82. The highest BCUT2D eigenvalue weighted by Crippen LogP contribution is 2.39. The molecule has 0 radical (unpaired) electrons. The molecule has 0 saturated heterocycles. The van der Waals surface area contributed by atoms with E-state index in [0.717, 1.165) is 0 Å². The van der Waals surface area contributed by atoms with Gasteiger partial charge in [-0.3, -0.25) is 0 Å². The first kappa shape index (κ1) is 14.1. The SMILES string of the molecule is CC(C)c1ccc2c3cc4sc5ccccc5c4cc3n(C)c2c1. The highest BCUT2D eigenvalue weighted by Gasteiger charge is 2.13. The number of hydrogen-bond donors (Lipinski definition) is 0. The Hall–Kier alpha value is -2.32. The molecule has 0 N–H and O–H groups in total. The molecule has 5 aromatic rings. The van der Waals surface area contributed by atoms with E-state index in [-0.39, 0.29) is 0 Å². The zero-order chi connectivity index (χ0) is 16.4. The van der Waals surface area contributed by atoms with Crippen LogP contribution in [0.4, 0.5) is 0 Å². The lowest BCUT2D eigenvalue weighted by molar-refractivity contribution is 0.866. The number of aromatic nitrogens is 1. The Bertz CT molecular complexity index is 1240. The van der Waals surface area contributed by atoms with E-state index in [1.165, 1.54) is 47.5 Å². The van der Waals surface area contributed by atoms with Gasteiger partial charge in [-0.05, 0) is 35.7 Å². The summed E-state index contributed by atoms with van der Waals surface area (Å²) in [5, 5.41) is 5.46. The molecule has 2 heteroatoms. The Morgan fingerprint density at radius 2 is 1.54 bits per heavy atom. The van der Waals surface area contributed by atoms with Gasteiger partial charge in [-0.25, -0.2) is 0 Å². The molecular weight excluding hydrogens is 310 g/mol. The van der Waals surface area contributed by atoms with Gasteiger partial charge in [0.05, 0.1) is 0 Å². The molecule has 0 aliphatic rings. The van der Waals surface area contributed by atoms with Crippen molar-refractivity contribution in [3.8, 4) is 0 Å². The third-order valence-corrected chi connectivity index (χ3v) is 6.33. The first-order valence-corrected chi connectivity index (χ1v) is 9.28. The van der Waals surface area contributed by atoms with Crippen molar-refractivity contribution in [3.63, 3.8) is 0 Å². The van der Waals surface area contributed by atoms with Gasteiger partial charge in [-0.1, -0.05) is 44.2 Å². The molecule has 24 heavy (non-hydrogen) atoms. The summed E-state index contributed by atoms with van der Waals surface area (Å²) < 4.78 is 5.10. The topological polar surface area (TPSA) is 4.93 Å². The maximum absolute atomic E-state index is 2.38. The van der Waals surface area contributed by atoms with E-state index in [2.05, 4.69) is 80.1 Å². The summed E-state index contributed by atoms with van der Waals surface area (Å²) in [6.07, 6.45) is 0. The fraction of sp³-hybridized carbons (Fsp3) is 0.182. The largest absolute Gasteiger partial charge is 0.344 e. The number of nitrogens with zero attached hydrogens (tertiary/aromatic N) is 1. The van der Waals surface area contributed by atoms with Crippen LogP contribution in [0, 0.1) is 0 Å². The van der Waals surface area contributed by atoms with Crippen molar-refractivity contribution >= 4 is 53.3 Å². The van der Waals surface area contributed by atoms with Gasteiger partial charge in [-0.15, -0.1) is 11.3 Å². The highest BCUT2D eigenvalue weighted by atomic mass is 32.1. The van der Waals surface area contributed by atoms with Gasteiger partial charge in [0.25, 0.3) is 0 Å². The van der Waals surface area contributed by atoms with E-state index < -0.39 is 0 Å². The average Bonchev–Trinajstić information content (AvgIpc) is 3.09. The molecule has 0 spiro atoms. The summed E-state index contributed by atoms with van der Waals surface area (Å²) in [7, 11) is 2.19. The van der Waals surface area contributed by atoms with Crippen LogP contribution >= 0.6 is 11.3 Å². The van der Waals surface area contributed by atoms with Crippen LogP contribution in [-0.4, -0.2) is 4.57 Å². The minimum atomic E-state index is 0.555. The molecular formula is C22H19NS. The maximum Gasteiger partial charge on any atom is 0.0495 e. The summed E-state index contributed by atoms with van der Waals surface area (Å²) in [4.78, 5) is 0. The number of aryl methyl sites for hydroxylation is 1. The van der Waals surface area contributed by atoms with Gasteiger partial charge in [0.15, 0.2) is 0 Å². The van der Waals surface area contributed by atoms with E-state index in [1.54, 1.807) is 0 Å². The number of fused-ring (bicyclic) bond motifs is 6. The third kappa shape index (κ3) is 1.81. The predicted molar refractivity (Wildman–Crippen MR) is 107 cm³/mol. The van der Waals surface area contributed by atoms with E-state index in [1.807, 2.05) is 11.3 Å². The Labute approximate surface area is 145 Å². The van der Waals surface area contributed by atoms with Crippen molar-refractivity contribution in [3.05, 3.63) is 60.2 Å². The second-order valence-corrected chi connectivity index (χ2v) is 8.04. The van der Waals surface area contributed by atoms with Crippen molar-refractivity contribution in [2.75, 3.05) is 0 Å². The molecule has 0 unspecified atom stereocenters. The number of rotatable bonds is 1. The molecule has 118 valence electrons. The van der Waals surface area contributed by atoms with E-state index >= 15 is 0 Å². The lowest BCUT2D eigenvalue weighted by atomic mass is 10.0. The van der Waals surface area contributed by atoms with Gasteiger partial charge in [0, 0.05) is 49.0 Å². The van der Waals surface area contributed by atoms with Gasteiger partial charge < -0.3 is 4.57 Å². The minimum absolute atomic E-state index is 0.555. The summed E-state index contributed by atoms with van der Waals surface area (Å²) >= 11 is 1.89. The highest BCUT2D eigenvalue weighted by molar-refractivity contribution is 7.25. The van der Waals surface area contributed by atoms with Gasteiger partial charge in [-0.2, -0.15) is 0 Å². The second kappa shape index (κ2) is 4.84. The lowest BCUT2D eigenvalue weighted by Crippen LogP contribution is -1.90. The van der Waals surface area contributed by atoms with E-state index in [0.29, 0.717) is 5.92 Å². The van der Waals surface area contributed by atoms with Crippen molar-refractivity contribution < 1.29 is 0 Å². The molecule has 0 aliphatic carbocycles. The molecule has 0 fully saturated rings. The van der Waals surface area contributed by atoms with Crippen LogP contribution in [0.15, 0.2) is 54.6 Å². The number of thiophene rings is 1. The Morgan fingerprint density at radius 1 is 0.750 bits per heavy atom. The van der Waals surface area contributed by atoms with Crippen molar-refractivity contribution in [1.82, 2.24) is 4.57 Å². The normalized spacial score (nSPS) is 12.3. The summed E-state index contributed by atoms with van der Waals surface area (Å²) in [6, 6.07) is 20.4. The fourth-order valence-corrected chi connectivity index (χ4v) is 4.92. The second-order valence-electron chi connectivity index (χ2n) is 6.95. The summed E-state index contributed by atoms with van der Waals surface area (Å²) in [5.41, 5.74) is 4.06. The average molecular weight is 329 g/mol. The minimum Gasteiger partial charge on any atom is -0.344 e. The van der Waals surface area contributed by atoms with Gasteiger partial charge >= 0.3 is 0 Å². The zero-order valence-corrected chi connectivity index (χ0v) is 14.9. The van der Waals surface area contributed by atoms with Crippen LogP contribution in [0.2, 0.25) is 0 Å². The van der Waals surface area contributed by atoms with E-state index in [4.69, 9.17) is 0 Å². The molecule has 0 atom stereocenters. The van der Waals surface area contributed by atoms with Crippen molar-refractivity contribution in [2.45, 2.75) is 19.8 Å². The van der Waals surface area contributed by atoms with Crippen LogP contribution in [0.5, 0.6) is 0 Å². The first-order valence-electron chi connectivity index (χ1n) is 8.47. The van der Waals surface area contributed by atoms with Crippen LogP contribution in [0.1, 0.15) is 25.3 Å². The molecule has 0 aliphatic heterocycles. The maximum atomic E-state index is 2.38. The quantitative estimate of drug-likeness (QED) is 0.318. The van der Waals surface area contributed by atoms with Crippen LogP contribution in [0.3, 0.4) is 0 Å². The number of benzene rings is 3. The van der Waals surface area contributed by atoms with Crippen molar-refractivity contribution in [2.24, 2.45) is 7.05 Å². The standard InChI is InChI=1S/C22H19NS/c1-13(2)14-8-9-15-17-12-22-18(11-20(17)23(3)19(15)10-14)16-6-4-5-7-21(16)24-22/h4-13H,1-3H3. The molecule has 5 rings (SSSR count). The van der Waals surface area contributed by atoms with Gasteiger partial charge in [0.2, 0.25) is 0 Å². The molecule has 0 bridgehead atoms. The van der Waals surface area contributed by atoms with Crippen LogP contribution in [-0.2, 0) is 7.05 Å². The molecule has 1 nitrogen and oxygen atoms in total. The van der Waals surface area contributed by atoms with Crippen molar-refractivity contribution in [1.29, 1.82) is 0 Å². The first-order chi connectivity index (χ1) is 11.6. The Kier molecular flexibility index (Phi) is 2.84. The van der Waals surface area contributed by atoms with Crippen LogP contribution < -0.4 is 0 Å². The molecule has 3 aromatic carbocycles. The Morgan fingerprint density at radius 3 is 2.38 bits per heavy atom.